The predicted octanol–water partition coefficient (Wildman–Crippen LogP) is 3.34. The lowest BCUT2D eigenvalue weighted by Crippen LogP contribution is -2.39. The molecule has 2 aromatic carbocycles. The highest BCUT2D eigenvalue weighted by atomic mass is 35.5. The Morgan fingerprint density at radius 2 is 1.83 bits per heavy atom. The van der Waals surface area contributed by atoms with Crippen molar-refractivity contribution >= 4 is 29.1 Å². The Hall–Kier alpha value is -2.18. The van der Waals surface area contributed by atoms with E-state index < -0.39 is 0 Å². The summed E-state index contributed by atoms with van der Waals surface area (Å²) in [5, 5.41) is 10.1. The number of benzene rings is 2. The summed E-state index contributed by atoms with van der Waals surface area (Å²) >= 11 is 7.58. The van der Waals surface area contributed by atoms with Crippen LogP contribution in [0.5, 0.6) is 0 Å². The summed E-state index contributed by atoms with van der Waals surface area (Å²) in [5.41, 5.74) is 2.70. The highest BCUT2D eigenvalue weighted by Crippen LogP contribution is 2.25. The van der Waals surface area contributed by atoms with Gasteiger partial charge in [0, 0.05) is 16.3 Å². The highest BCUT2D eigenvalue weighted by molar-refractivity contribution is 7.99. The van der Waals surface area contributed by atoms with E-state index in [1.807, 2.05) is 24.3 Å². The van der Waals surface area contributed by atoms with Crippen molar-refractivity contribution in [2.24, 2.45) is 0 Å². The fraction of sp³-hybridized carbons (Fsp3) is 0.0625. The minimum atomic E-state index is -0.255. The summed E-state index contributed by atoms with van der Waals surface area (Å²) in [7, 11) is 0. The molecular weight excluding hydrogens is 335 g/mol. The van der Waals surface area contributed by atoms with E-state index in [-0.39, 0.29) is 5.82 Å². The van der Waals surface area contributed by atoms with Crippen molar-refractivity contribution in [2.45, 2.75) is 5.16 Å². The SMILES string of the molecule is Fc1ccc(C2=CCSc3n(-c4ccc(Cl)cc4)nn[n+]32)cc1. The normalized spacial score (nSPS) is 13.6. The predicted molar refractivity (Wildman–Crippen MR) is 87.1 cm³/mol. The van der Waals surface area contributed by atoms with Gasteiger partial charge in [-0.2, -0.15) is 0 Å². The van der Waals surface area contributed by atoms with Gasteiger partial charge in [0.2, 0.25) is 0 Å². The maximum atomic E-state index is 13.1. The lowest BCUT2D eigenvalue weighted by atomic mass is 10.1. The Morgan fingerprint density at radius 3 is 2.57 bits per heavy atom. The molecule has 0 amide bonds. The molecule has 0 unspecified atom stereocenters. The highest BCUT2D eigenvalue weighted by Gasteiger charge is 2.29. The second kappa shape index (κ2) is 5.79. The quantitative estimate of drug-likeness (QED) is 0.668. The summed E-state index contributed by atoms with van der Waals surface area (Å²) in [4.78, 5) is 0. The minimum absolute atomic E-state index is 0.255. The van der Waals surface area contributed by atoms with Crippen molar-refractivity contribution in [2.75, 3.05) is 5.75 Å². The van der Waals surface area contributed by atoms with Crippen molar-refractivity contribution in [3.8, 4) is 5.69 Å². The van der Waals surface area contributed by atoms with Crippen LogP contribution in [0.2, 0.25) is 5.02 Å². The zero-order chi connectivity index (χ0) is 15.8. The van der Waals surface area contributed by atoms with Crippen LogP contribution in [0.25, 0.3) is 11.4 Å². The smallest absolute Gasteiger partial charge is 0.207 e. The molecule has 0 radical (unpaired) electrons. The molecular formula is C16H11ClFN4S+. The Bertz CT molecular complexity index is 887. The van der Waals surface area contributed by atoms with Gasteiger partial charge >= 0.3 is 5.16 Å². The number of thioether (sulfide) groups is 1. The zero-order valence-electron chi connectivity index (χ0n) is 11.9. The van der Waals surface area contributed by atoms with Gasteiger partial charge in [0.1, 0.15) is 22.4 Å². The summed E-state index contributed by atoms with van der Waals surface area (Å²) in [6, 6.07) is 13.8. The van der Waals surface area contributed by atoms with Crippen LogP contribution in [-0.4, -0.2) is 20.9 Å². The van der Waals surface area contributed by atoms with Crippen LogP contribution in [-0.2, 0) is 0 Å². The number of nitrogens with zero attached hydrogens (tertiary/aromatic N) is 4. The Kier molecular flexibility index (Phi) is 3.63. The molecule has 0 spiro atoms. The van der Waals surface area contributed by atoms with Crippen LogP contribution < -0.4 is 4.68 Å². The number of rotatable bonds is 2. The lowest BCUT2D eigenvalue weighted by Gasteiger charge is -2.09. The standard InChI is InChI=1S/C16H11ClFN4S/c17-12-3-7-14(8-4-12)21-16-22(20-19-21)15(9-10-23-16)11-1-5-13(18)6-2-11/h1-9H,10H2/q+1. The molecule has 0 atom stereocenters. The number of hydrogen-bond acceptors (Lipinski definition) is 3. The van der Waals surface area contributed by atoms with Crippen LogP contribution in [0, 0.1) is 5.82 Å². The van der Waals surface area contributed by atoms with E-state index in [1.165, 1.54) is 12.1 Å². The molecule has 0 saturated heterocycles. The van der Waals surface area contributed by atoms with Crippen LogP contribution >= 0.6 is 23.4 Å². The number of fused-ring (bicyclic) bond motifs is 1. The summed E-state index contributed by atoms with van der Waals surface area (Å²) in [6.45, 7) is 0. The first-order chi connectivity index (χ1) is 11.2. The molecule has 0 N–H and O–H groups in total. The van der Waals surface area contributed by atoms with Gasteiger partial charge in [0.05, 0.1) is 0 Å². The van der Waals surface area contributed by atoms with Gasteiger partial charge in [-0.05, 0) is 71.1 Å². The van der Waals surface area contributed by atoms with E-state index in [2.05, 4.69) is 16.5 Å². The van der Waals surface area contributed by atoms with E-state index in [4.69, 9.17) is 11.6 Å². The van der Waals surface area contributed by atoms with Gasteiger partial charge in [0.25, 0.3) is 0 Å². The van der Waals surface area contributed by atoms with E-state index in [0.29, 0.717) is 5.02 Å². The fourth-order valence-electron chi connectivity index (χ4n) is 2.41. The molecule has 0 bridgehead atoms. The van der Waals surface area contributed by atoms with Gasteiger partial charge in [0.15, 0.2) is 5.21 Å². The lowest BCUT2D eigenvalue weighted by molar-refractivity contribution is -0.683. The van der Waals surface area contributed by atoms with Crippen LogP contribution in [0.1, 0.15) is 5.56 Å². The average molecular weight is 346 g/mol. The van der Waals surface area contributed by atoms with Crippen LogP contribution in [0.3, 0.4) is 0 Å². The first kappa shape index (κ1) is 14.4. The first-order valence-corrected chi connectivity index (χ1v) is 8.32. The molecule has 1 aromatic heterocycles. The molecule has 2 heterocycles. The summed E-state index contributed by atoms with van der Waals surface area (Å²) in [5.74, 6) is 0.544. The molecule has 0 fully saturated rings. The second-order valence-corrected chi connectivity index (χ2v) is 6.39. The van der Waals surface area contributed by atoms with Crippen molar-refractivity contribution in [3.05, 3.63) is 71.0 Å². The van der Waals surface area contributed by atoms with Gasteiger partial charge in [-0.1, -0.05) is 16.3 Å². The molecule has 23 heavy (non-hydrogen) atoms. The van der Waals surface area contributed by atoms with Gasteiger partial charge < -0.3 is 0 Å². The number of tetrazole rings is 1. The topological polar surface area (TPSA) is 34.6 Å². The molecule has 4 rings (SSSR count). The Balaban J connectivity index is 1.78. The number of halogens is 2. The Labute approximate surface area is 141 Å². The molecule has 4 nitrogen and oxygen atoms in total. The fourth-order valence-corrected chi connectivity index (χ4v) is 3.44. The van der Waals surface area contributed by atoms with Crippen molar-refractivity contribution in [3.63, 3.8) is 0 Å². The minimum Gasteiger partial charge on any atom is -0.207 e. The first-order valence-electron chi connectivity index (χ1n) is 6.95. The second-order valence-electron chi connectivity index (χ2n) is 4.97. The third-order valence-electron chi connectivity index (χ3n) is 3.51. The van der Waals surface area contributed by atoms with E-state index in [0.717, 1.165) is 27.9 Å². The molecule has 0 saturated carbocycles. The largest absolute Gasteiger partial charge is 0.328 e. The maximum absolute atomic E-state index is 13.1. The van der Waals surface area contributed by atoms with Crippen molar-refractivity contribution in [1.82, 2.24) is 15.1 Å². The van der Waals surface area contributed by atoms with Crippen molar-refractivity contribution < 1.29 is 9.07 Å². The molecule has 1 aliphatic heterocycles. The zero-order valence-corrected chi connectivity index (χ0v) is 13.4. The number of hydrogen-bond donors (Lipinski definition) is 0. The molecule has 1 aliphatic rings. The summed E-state index contributed by atoms with van der Waals surface area (Å²) < 4.78 is 16.7. The monoisotopic (exact) mass is 345 g/mol. The van der Waals surface area contributed by atoms with Gasteiger partial charge in [-0.15, -0.1) is 0 Å². The maximum Gasteiger partial charge on any atom is 0.328 e. The third-order valence-corrected chi connectivity index (χ3v) is 4.70. The molecule has 0 aliphatic carbocycles. The third kappa shape index (κ3) is 2.64. The summed E-state index contributed by atoms with van der Waals surface area (Å²) in [6.07, 6.45) is 2.06. The Morgan fingerprint density at radius 1 is 1.09 bits per heavy atom. The van der Waals surface area contributed by atoms with E-state index >= 15 is 0 Å². The van der Waals surface area contributed by atoms with Gasteiger partial charge in [-0.3, -0.25) is 0 Å². The van der Waals surface area contributed by atoms with E-state index in [9.17, 15) is 4.39 Å². The van der Waals surface area contributed by atoms with Crippen LogP contribution in [0.15, 0.2) is 59.8 Å². The van der Waals surface area contributed by atoms with E-state index in [1.54, 1.807) is 33.3 Å². The van der Waals surface area contributed by atoms with Gasteiger partial charge in [-0.25, -0.2) is 4.39 Å². The molecule has 3 aromatic rings. The molecule has 7 heteroatoms. The molecule has 114 valence electrons. The van der Waals surface area contributed by atoms with Crippen LogP contribution in [0.4, 0.5) is 4.39 Å². The average Bonchev–Trinajstić information content (AvgIpc) is 3.00. The number of aromatic nitrogens is 4. The van der Waals surface area contributed by atoms with Crippen molar-refractivity contribution in [1.29, 1.82) is 0 Å².